The summed E-state index contributed by atoms with van der Waals surface area (Å²) in [5.74, 6) is -0.203. The van der Waals surface area contributed by atoms with Crippen molar-refractivity contribution in [1.29, 1.82) is 0 Å². The number of benzene rings is 1. The maximum Gasteiger partial charge on any atom is 0.303 e. The minimum atomic E-state index is -0.812. The molecule has 3 aromatic rings. The van der Waals surface area contributed by atoms with Crippen LogP contribution < -0.4 is 4.74 Å². The zero-order chi connectivity index (χ0) is 17.1. The van der Waals surface area contributed by atoms with Crippen LogP contribution in [0.4, 0.5) is 0 Å². The molecule has 1 N–H and O–H groups in total. The third-order valence-corrected chi connectivity index (χ3v) is 4.91. The number of hydrogen-bond donors (Lipinski definition) is 1. The highest BCUT2D eigenvalue weighted by molar-refractivity contribution is 7.13. The molecular weight excluding hydrogens is 346 g/mol. The molecule has 4 nitrogen and oxygen atoms in total. The smallest absolute Gasteiger partial charge is 0.303 e. The quantitative estimate of drug-likeness (QED) is 0.680. The van der Waals surface area contributed by atoms with Gasteiger partial charge in [0.25, 0.3) is 0 Å². The lowest BCUT2D eigenvalue weighted by molar-refractivity contribution is -0.136. The number of carboxylic acid groups (broad SMARTS) is 1. The van der Waals surface area contributed by atoms with E-state index in [9.17, 15) is 4.79 Å². The molecule has 0 aliphatic heterocycles. The number of thiophene rings is 1. The maximum atomic E-state index is 10.9. The molecule has 2 heterocycles. The van der Waals surface area contributed by atoms with Gasteiger partial charge >= 0.3 is 5.97 Å². The topological polar surface area (TPSA) is 51.5 Å². The first-order chi connectivity index (χ1) is 11.6. The van der Waals surface area contributed by atoms with Crippen molar-refractivity contribution in [2.45, 2.75) is 12.8 Å². The summed E-state index contributed by atoms with van der Waals surface area (Å²) in [6.45, 7) is 0. The number of carboxylic acids is 1. The standard InChI is InChI=1S/C18H16ClNO3S/c1-23-16-8-5-13(11-14(16)19)20-12(6-9-18(21)22)4-7-15(20)17-3-2-10-24-17/h2-5,7-8,10-11H,6,9H2,1H3,(H,21,22). The minimum absolute atomic E-state index is 0.0811. The van der Waals surface area contributed by atoms with Crippen LogP contribution in [0.3, 0.4) is 0 Å². The fraction of sp³-hybridized carbons (Fsp3) is 0.167. The second-order valence-electron chi connectivity index (χ2n) is 5.24. The van der Waals surface area contributed by atoms with E-state index in [1.54, 1.807) is 18.4 Å². The molecule has 0 bridgehead atoms. The van der Waals surface area contributed by atoms with Gasteiger partial charge in [0.2, 0.25) is 0 Å². The molecule has 0 unspecified atom stereocenters. The lowest BCUT2D eigenvalue weighted by Crippen LogP contribution is -2.05. The number of methoxy groups -OCH3 is 1. The largest absolute Gasteiger partial charge is 0.495 e. The molecule has 0 saturated heterocycles. The zero-order valence-electron chi connectivity index (χ0n) is 13.0. The molecule has 0 saturated carbocycles. The molecule has 2 aromatic heterocycles. The number of carbonyl (C=O) groups is 1. The maximum absolute atomic E-state index is 10.9. The van der Waals surface area contributed by atoms with Gasteiger partial charge in [-0.25, -0.2) is 0 Å². The molecule has 3 rings (SSSR count). The molecule has 6 heteroatoms. The highest BCUT2D eigenvalue weighted by atomic mass is 35.5. The van der Waals surface area contributed by atoms with Gasteiger partial charge in [-0.3, -0.25) is 4.79 Å². The van der Waals surface area contributed by atoms with Crippen molar-refractivity contribution in [3.8, 4) is 22.0 Å². The van der Waals surface area contributed by atoms with Gasteiger partial charge in [-0.05, 0) is 48.2 Å². The third-order valence-electron chi connectivity index (χ3n) is 3.72. The lowest BCUT2D eigenvalue weighted by atomic mass is 10.2. The first-order valence-electron chi connectivity index (χ1n) is 7.40. The Labute approximate surface area is 148 Å². The number of ether oxygens (including phenoxy) is 1. The molecule has 0 amide bonds. The number of aryl methyl sites for hydroxylation is 1. The SMILES string of the molecule is COc1ccc(-n2c(CCC(=O)O)ccc2-c2cccs2)cc1Cl. The van der Waals surface area contributed by atoms with Crippen molar-refractivity contribution in [3.05, 3.63) is 58.6 Å². The second kappa shape index (κ2) is 7.11. The Balaban J connectivity index is 2.10. The predicted molar refractivity (Wildman–Crippen MR) is 96.6 cm³/mol. The molecule has 0 aliphatic carbocycles. The monoisotopic (exact) mass is 361 g/mol. The Morgan fingerprint density at radius 2 is 2.12 bits per heavy atom. The summed E-state index contributed by atoms with van der Waals surface area (Å²) in [5.41, 5.74) is 2.84. The van der Waals surface area contributed by atoms with Crippen LogP contribution in [0, 0.1) is 0 Å². The van der Waals surface area contributed by atoms with Crippen molar-refractivity contribution >= 4 is 28.9 Å². The van der Waals surface area contributed by atoms with Gasteiger partial charge in [0.15, 0.2) is 0 Å². The van der Waals surface area contributed by atoms with Crippen LogP contribution in [-0.4, -0.2) is 22.8 Å². The number of rotatable bonds is 6. The normalized spacial score (nSPS) is 10.8. The average Bonchev–Trinajstić information content (AvgIpc) is 3.21. The first-order valence-corrected chi connectivity index (χ1v) is 8.66. The van der Waals surface area contributed by atoms with Crippen molar-refractivity contribution in [2.75, 3.05) is 7.11 Å². The molecular formula is C18H16ClNO3S. The number of hydrogen-bond acceptors (Lipinski definition) is 3. The fourth-order valence-corrected chi connectivity index (χ4v) is 3.62. The molecule has 0 aliphatic rings. The van der Waals surface area contributed by atoms with Crippen LogP contribution in [0.1, 0.15) is 12.1 Å². The molecule has 0 atom stereocenters. The Morgan fingerprint density at radius 3 is 2.75 bits per heavy atom. The number of aliphatic carboxylic acids is 1. The van der Waals surface area contributed by atoms with Crippen LogP contribution in [0.5, 0.6) is 5.75 Å². The molecule has 1 aromatic carbocycles. The Hall–Kier alpha value is -2.24. The highest BCUT2D eigenvalue weighted by Gasteiger charge is 2.15. The van der Waals surface area contributed by atoms with Crippen LogP contribution >= 0.6 is 22.9 Å². The average molecular weight is 362 g/mol. The Morgan fingerprint density at radius 1 is 1.29 bits per heavy atom. The van der Waals surface area contributed by atoms with E-state index < -0.39 is 5.97 Å². The molecule has 0 fully saturated rings. The molecule has 24 heavy (non-hydrogen) atoms. The van der Waals surface area contributed by atoms with Crippen molar-refractivity contribution in [1.82, 2.24) is 4.57 Å². The van der Waals surface area contributed by atoms with Gasteiger partial charge in [-0.2, -0.15) is 0 Å². The molecule has 124 valence electrons. The summed E-state index contributed by atoms with van der Waals surface area (Å²) in [5, 5.41) is 11.5. The molecule has 0 radical (unpaired) electrons. The van der Waals surface area contributed by atoms with Gasteiger partial charge in [0, 0.05) is 11.4 Å². The van der Waals surface area contributed by atoms with E-state index in [-0.39, 0.29) is 6.42 Å². The van der Waals surface area contributed by atoms with Gasteiger partial charge in [0.05, 0.1) is 29.1 Å². The van der Waals surface area contributed by atoms with Gasteiger partial charge < -0.3 is 14.4 Å². The summed E-state index contributed by atoms with van der Waals surface area (Å²) in [6, 6.07) is 13.6. The minimum Gasteiger partial charge on any atom is -0.495 e. The fourth-order valence-electron chi connectivity index (χ4n) is 2.62. The van der Waals surface area contributed by atoms with Gasteiger partial charge in [-0.1, -0.05) is 17.7 Å². The van der Waals surface area contributed by atoms with Crippen molar-refractivity contribution in [2.24, 2.45) is 0 Å². The number of aromatic nitrogens is 1. The van der Waals surface area contributed by atoms with Crippen LogP contribution in [0.25, 0.3) is 16.3 Å². The van der Waals surface area contributed by atoms with E-state index in [1.165, 1.54) is 0 Å². The molecule has 0 spiro atoms. The van der Waals surface area contributed by atoms with E-state index in [0.717, 1.165) is 22.0 Å². The Bertz CT molecular complexity index is 855. The zero-order valence-corrected chi connectivity index (χ0v) is 14.6. The third kappa shape index (κ3) is 3.32. The van der Waals surface area contributed by atoms with Crippen molar-refractivity contribution in [3.63, 3.8) is 0 Å². The number of nitrogens with zero attached hydrogens (tertiary/aromatic N) is 1. The van der Waals surface area contributed by atoms with Gasteiger partial charge in [0.1, 0.15) is 5.75 Å². The Kier molecular flexibility index (Phi) is 4.92. The van der Waals surface area contributed by atoms with Gasteiger partial charge in [-0.15, -0.1) is 11.3 Å². The van der Waals surface area contributed by atoms with E-state index in [4.69, 9.17) is 21.4 Å². The van der Waals surface area contributed by atoms with E-state index in [0.29, 0.717) is 17.2 Å². The number of halogens is 1. The summed E-state index contributed by atoms with van der Waals surface area (Å²) in [6.07, 6.45) is 0.530. The lowest BCUT2D eigenvalue weighted by Gasteiger charge is -2.14. The van der Waals surface area contributed by atoms with Crippen LogP contribution in [-0.2, 0) is 11.2 Å². The highest BCUT2D eigenvalue weighted by Crippen LogP contribution is 2.33. The van der Waals surface area contributed by atoms with Crippen LogP contribution in [0.2, 0.25) is 5.02 Å². The van der Waals surface area contributed by atoms with E-state index >= 15 is 0 Å². The summed E-state index contributed by atoms with van der Waals surface area (Å²) < 4.78 is 7.27. The predicted octanol–water partition coefficient (Wildman–Crippen LogP) is 4.89. The summed E-state index contributed by atoms with van der Waals surface area (Å²) in [7, 11) is 1.58. The van der Waals surface area contributed by atoms with Crippen LogP contribution in [0.15, 0.2) is 47.8 Å². The summed E-state index contributed by atoms with van der Waals surface area (Å²) >= 11 is 7.91. The van der Waals surface area contributed by atoms with E-state index in [1.807, 2.05) is 47.8 Å². The second-order valence-corrected chi connectivity index (χ2v) is 6.59. The first kappa shape index (κ1) is 16.6. The summed E-state index contributed by atoms with van der Waals surface area (Å²) in [4.78, 5) is 12.1. The van der Waals surface area contributed by atoms with Crippen molar-refractivity contribution < 1.29 is 14.6 Å². The van der Waals surface area contributed by atoms with E-state index in [2.05, 4.69) is 4.57 Å².